The Morgan fingerprint density at radius 2 is 1.81 bits per heavy atom. The predicted molar refractivity (Wildman–Crippen MR) is 119 cm³/mol. The van der Waals surface area contributed by atoms with Crippen molar-refractivity contribution in [3.8, 4) is 17.1 Å². The molecule has 0 aliphatic heterocycles. The maximum Gasteiger partial charge on any atom is 0.258 e. The second kappa shape index (κ2) is 8.92. The van der Waals surface area contributed by atoms with Gasteiger partial charge in [-0.25, -0.2) is 0 Å². The molecule has 2 aromatic carbocycles. The van der Waals surface area contributed by atoms with Gasteiger partial charge in [-0.1, -0.05) is 56.3 Å². The van der Waals surface area contributed by atoms with Crippen LogP contribution in [0.4, 0.5) is 0 Å². The van der Waals surface area contributed by atoms with Crippen LogP contribution in [0.15, 0.2) is 47.0 Å². The molecule has 4 rings (SSSR count). The predicted octanol–water partition coefficient (Wildman–Crippen LogP) is 4.61. The number of hydrogen-bond donors (Lipinski definition) is 1. The third kappa shape index (κ3) is 5.32. The Hall–Kier alpha value is -3.15. The number of carbonyl (C=O) groups excluding carboxylic acids is 1. The minimum Gasteiger partial charge on any atom is -0.484 e. The van der Waals surface area contributed by atoms with Crippen LogP contribution in [-0.4, -0.2) is 22.7 Å². The highest BCUT2D eigenvalue weighted by molar-refractivity contribution is 5.77. The van der Waals surface area contributed by atoms with Crippen molar-refractivity contribution < 1.29 is 14.1 Å². The normalized spacial score (nSPS) is 13.5. The fourth-order valence-electron chi connectivity index (χ4n) is 3.74. The van der Waals surface area contributed by atoms with E-state index in [1.165, 1.54) is 29.5 Å². The van der Waals surface area contributed by atoms with Crippen molar-refractivity contribution in [3.05, 3.63) is 65.0 Å². The topological polar surface area (TPSA) is 77.2 Å². The van der Waals surface area contributed by atoms with Gasteiger partial charge in [-0.2, -0.15) is 4.98 Å². The van der Waals surface area contributed by atoms with Crippen molar-refractivity contribution in [3.63, 3.8) is 0 Å². The first-order valence-electron chi connectivity index (χ1n) is 10.8. The summed E-state index contributed by atoms with van der Waals surface area (Å²) in [6, 6.07) is 14.2. The SMILES string of the molecule is CC(C)(C)c1ccc(-c2noc(CNC(=O)COc3ccc4c(c3)CCCC4)n2)cc1. The van der Waals surface area contributed by atoms with Gasteiger partial charge in [0, 0.05) is 5.56 Å². The quantitative estimate of drug-likeness (QED) is 0.631. The number of aryl methyl sites for hydroxylation is 2. The van der Waals surface area contributed by atoms with E-state index in [1.54, 1.807) is 0 Å². The molecule has 0 spiro atoms. The molecule has 0 unspecified atom stereocenters. The molecule has 162 valence electrons. The van der Waals surface area contributed by atoms with Gasteiger partial charge in [0.15, 0.2) is 6.61 Å². The summed E-state index contributed by atoms with van der Waals surface area (Å²) in [5.74, 6) is 1.37. The number of hydrogen-bond acceptors (Lipinski definition) is 5. The molecule has 1 aliphatic rings. The monoisotopic (exact) mass is 419 g/mol. The van der Waals surface area contributed by atoms with Gasteiger partial charge in [-0.3, -0.25) is 4.79 Å². The average molecular weight is 420 g/mol. The first-order valence-corrected chi connectivity index (χ1v) is 10.8. The molecule has 1 aliphatic carbocycles. The lowest BCUT2D eigenvalue weighted by atomic mass is 9.87. The summed E-state index contributed by atoms with van der Waals surface area (Å²) >= 11 is 0. The van der Waals surface area contributed by atoms with Crippen molar-refractivity contribution >= 4 is 5.91 Å². The molecule has 1 aromatic heterocycles. The van der Waals surface area contributed by atoms with Crippen LogP contribution < -0.4 is 10.1 Å². The second-order valence-electron chi connectivity index (χ2n) is 9.04. The number of fused-ring (bicyclic) bond motifs is 1. The van der Waals surface area contributed by atoms with Crippen LogP contribution in [-0.2, 0) is 29.6 Å². The van der Waals surface area contributed by atoms with Crippen LogP contribution in [0.5, 0.6) is 5.75 Å². The summed E-state index contributed by atoms with van der Waals surface area (Å²) in [5.41, 5.74) is 4.93. The molecular formula is C25H29N3O3. The number of nitrogens with one attached hydrogen (secondary N) is 1. The summed E-state index contributed by atoms with van der Waals surface area (Å²) in [4.78, 5) is 16.5. The van der Waals surface area contributed by atoms with Gasteiger partial charge in [0.2, 0.25) is 11.7 Å². The molecule has 0 radical (unpaired) electrons. The lowest BCUT2D eigenvalue weighted by Crippen LogP contribution is -2.28. The van der Waals surface area contributed by atoms with Crippen molar-refractivity contribution in [2.45, 2.75) is 58.4 Å². The van der Waals surface area contributed by atoms with E-state index >= 15 is 0 Å². The maximum absolute atomic E-state index is 12.2. The maximum atomic E-state index is 12.2. The molecule has 0 saturated heterocycles. The molecule has 31 heavy (non-hydrogen) atoms. The first-order chi connectivity index (χ1) is 14.9. The highest BCUT2D eigenvalue weighted by atomic mass is 16.5. The van der Waals surface area contributed by atoms with E-state index in [-0.39, 0.29) is 24.5 Å². The van der Waals surface area contributed by atoms with Gasteiger partial charge in [0.05, 0.1) is 6.54 Å². The Morgan fingerprint density at radius 1 is 1.06 bits per heavy atom. The zero-order valence-corrected chi connectivity index (χ0v) is 18.4. The van der Waals surface area contributed by atoms with Crippen molar-refractivity contribution in [1.29, 1.82) is 0 Å². The number of amides is 1. The lowest BCUT2D eigenvalue weighted by molar-refractivity contribution is -0.123. The van der Waals surface area contributed by atoms with E-state index in [0.29, 0.717) is 11.7 Å². The number of carbonyl (C=O) groups is 1. The van der Waals surface area contributed by atoms with E-state index < -0.39 is 0 Å². The van der Waals surface area contributed by atoms with Crippen LogP contribution in [0.3, 0.4) is 0 Å². The zero-order chi connectivity index (χ0) is 21.8. The van der Waals surface area contributed by atoms with Gasteiger partial charge >= 0.3 is 0 Å². The summed E-state index contributed by atoms with van der Waals surface area (Å²) in [6.07, 6.45) is 4.67. The Bertz CT molecular complexity index is 1050. The molecule has 1 heterocycles. The van der Waals surface area contributed by atoms with E-state index in [0.717, 1.165) is 24.2 Å². The van der Waals surface area contributed by atoms with Gasteiger partial charge < -0.3 is 14.6 Å². The molecule has 6 heteroatoms. The third-order valence-electron chi connectivity index (χ3n) is 5.60. The molecule has 3 aromatic rings. The number of ether oxygens (including phenoxy) is 1. The van der Waals surface area contributed by atoms with E-state index in [4.69, 9.17) is 9.26 Å². The van der Waals surface area contributed by atoms with Crippen LogP contribution in [0.1, 0.15) is 56.2 Å². The lowest BCUT2D eigenvalue weighted by Gasteiger charge is -2.18. The molecule has 0 saturated carbocycles. The van der Waals surface area contributed by atoms with Gasteiger partial charge in [-0.15, -0.1) is 0 Å². The highest BCUT2D eigenvalue weighted by Gasteiger charge is 2.15. The zero-order valence-electron chi connectivity index (χ0n) is 18.4. The first kappa shape index (κ1) is 21.1. The van der Waals surface area contributed by atoms with Crippen LogP contribution in [0.25, 0.3) is 11.4 Å². The van der Waals surface area contributed by atoms with E-state index in [9.17, 15) is 4.79 Å². The fraction of sp³-hybridized carbons (Fsp3) is 0.400. The smallest absolute Gasteiger partial charge is 0.258 e. The van der Waals surface area contributed by atoms with Crippen LogP contribution >= 0.6 is 0 Å². The standard InChI is InChI=1S/C25H29N3O3/c1-25(2,3)20-11-8-18(9-12-20)24-27-23(31-28-24)15-26-22(29)16-30-21-13-10-17-6-4-5-7-19(17)14-21/h8-14H,4-7,15-16H2,1-3H3,(H,26,29). The minimum absolute atomic E-state index is 0.0476. The van der Waals surface area contributed by atoms with Gasteiger partial charge in [0.25, 0.3) is 5.91 Å². The minimum atomic E-state index is -0.230. The largest absolute Gasteiger partial charge is 0.484 e. The molecule has 0 atom stereocenters. The molecular weight excluding hydrogens is 390 g/mol. The Balaban J connectivity index is 1.28. The molecule has 0 fully saturated rings. The Kier molecular flexibility index (Phi) is 6.07. The van der Waals surface area contributed by atoms with Gasteiger partial charge in [0.1, 0.15) is 5.75 Å². The number of rotatable bonds is 6. The van der Waals surface area contributed by atoms with E-state index in [2.05, 4.69) is 60.5 Å². The molecule has 6 nitrogen and oxygen atoms in total. The number of aromatic nitrogens is 2. The third-order valence-corrected chi connectivity index (χ3v) is 5.60. The molecule has 1 N–H and O–H groups in total. The summed E-state index contributed by atoms with van der Waals surface area (Å²) in [6.45, 7) is 6.64. The number of benzene rings is 2. The summed E-state index contributed by atoms with van der Waals surface area (Å²) in [7, 11) is 0. The highest BCUT2D eigenvalue weighted by Crippen LogP contribution is 2.26. The summed E-state index contributed by atoms with van der Waals surface area (Å²) in [5, 5.41) is 6.79. The molecule has 1 amide bonds. The van der Waals surface area contributed by atoms with Crippen LogP contribution in [0, 0.1) is 0 Å². The van der Waals surface area contributed by atoms with Crippen molar-refractivity contribution in [2.75, 3.05) is 6.61 Å². The molecule has 0 bridgehead atoms. The number of nitrogens with zero attached hydrogens (tertiary/aromatic N) is 2. The average Bonchev–Trinajstić information content (AvgIpc) is 3.25. The van der Waals surface area contributed by atoms with Crippen LogP contribution in [0.2, 0.25) is 0 Å². The Morgan fingerprint density at radius 3 is 2.55 bits per heavy atom. The van der Waals surface area contributed by atoms with E-state index in [1.807, 2.05) is 18.2 Å². The van der Waals surface area contributed by atoms with Gasteiger partial charge in [-0.05, 0) is 59.9 Å². The second-order valence-corrected chi connectivity index (χ2v) is 9.04. The fourth-order valence-corrected chi connectivity index (χ4v) is 3.74. The summed E-state index contributed by atoms with van der Waals surface area (Å²) < 4.78 is 10.9. The van der Waals surface area contributed by atoms with Crippen molar-refractivity contribution in [1.82, 2.24) is 15.5 Å². The Labute approximate surface area is 183 Å². The van der Waals surface area contributed by atoms with Crippen molar-refractivity contribution in [2.24, 2.45) is 0 Å².